The number of carbonyl (C=O) groups is 1. The molecule has 1 aromatic carbocycles. The van der Waals surface area contributed by atoms with E-state index in [2.05, 4.69) is 0 Å². The SMILES string of the molecule is CN(CC(=O)c1c(F)cccc1F)Cc1ccsc1. The lowest BCUT2D eigenvalue weighted by Crippen LogP contribution is -2.26. The largest absolute Gasteiger partial charge is 0.295 e. The van der Waals surface area contributed by atoms with Crippen molar-refractivity contribution in [2.45, 2.75) is 6.54 Å². The predicted molar refractivity (Wildman–Crippen MR) is 71.3 cm³/mol. The van der Waals surface area contributed by atoms with Crippen LogP contribution in [0.5, 0.6) is 0 Å². The third kappa shape index (κ3) is 3.45. The molecule has 2 nitrogen and oxygen atoms in total. The zero-order chi connectivity index (χ0) is 13.8. The van der Waals surface area contributed by atoms with Crippen molar-refractivity contribution < 1.29 is 13.6 Å². The Balaban J connectivity index is 2.04. The van der Waals surface area contributed by atoms with Crippen molar-refractivity contribution in [3.8, 4) is 0 Å². The highest BCUT2D eigenvalue weighted by Gasteiger charge is 2.18. The maximum absolute atomic E-state index is 13.5. The summed E-state index contributed by atoms with van der Waals surface area (Å²) in [4.78, 5) is 13.6. The molecule has 5 heteroatoms. The summed E-state index contributed by atoms with van der Waals surface area (Å²) in [7, 11) is 1.74. The van der Waals surface area contributed by atoms with Crippen LogP contribution in [0.4, 0.5) is 8.78 Å². The molecule has 1 aromatic heterocycles. The first-order valence-corrected chi connectivity index (χ1v) is 6.69. The molecule has 0 bridgehead atoms. The Morgan fingerprint density at radius 2 is 1.95 bits per heavy atom. The number of Topliss-reactive ketones (excluding diaryl/α,β-unsaturated/α-hetero) is 1. The summed E-state index contributed by atoms with van der Waals surface area (Å²) in [6.07, 6.45) is 0. The van der Waals surface area contributed by atoms with Gasteiger partial charge in [-0.05, 0) is 41.6 Å². The molecule has 0 aliphatic carbocycles. The van der Waals surface area contributed by atoms with E-state index in [0.29, 0.717) is 6.54 Å². The monoisotopic (exact) mass is 281 g/mol. The van der Waals surface area contributed by atoms with Gasteiger partial charge in [-0.3, -0.25) is 9.69 Å². The van der Waals surface area contributed by atoms with Gasteiger partial charge in [-0.1, -0.05) is 6.07 Å². The summed E-state index contributed by atoms with van der Waals surface area (Å²) >= 11 is 1.57. The number of rotatable bonds is 5. The fourth-order valence-electron chi connectivity index (χ4n) is 1.84. The summed E-state index contributed by atoms with van der Waals surface area (Å²) in [5, 5.41) is 3.92. The van der Waals surface area contributed by atoms with Crippen LogP contribution in [0.1, 0.15) is 15.9 Å². The molecule has 0 radical (unpaired) electrons. The number of hydrogen-bond donors (Lipinski definition) is 0. The maximum Gasteiger partial charge on any atom is 0.182 e. The summed E-state index contributed by atoms with van der Waals surface area (Å²) in [5.41, 5.74) is 0.619. The molecule has 0 saturated carbocycles. The second-order valence-corrected chi connectivity index (χ2v) is 5.10. The van der Waals surface area contributed by atoms with Gasteiger partial charge in [-0.15, -0.1) is 0 Å². The number of thiophene rings is 1. The van der Waals surface area contributed by atoms with Crippen LogP contribution in [0.25, 0.3) is 0 Å². The van der Waals surface area contributed by atoms with E-state index in [-0.39, 0.29) is 6.54 Å². The van der Waals surface area contributed by atoms with Crippen LogP contribution in [-0.4, -0.2) is 24.3 Å². The third-order valence-electron chi connectivity index (χ3n) is 2.69. The van der Waals surface area contributed by atoms with Gasteiger partial charge in [0.2, 0.25) is 0 Å². The van der Waals surface area contributed by atoms with E-state index in [1.807, 2.05) is 16.8 Å². The smallest absolute Gasteiger partial charge is 0.182 e. The Morgan fingerprint density at radius 1 is 1.26 bits per heavy atom. The Hall–Kier alpha value is -1.59. The van der Waals surface area contributed by atoms with Gasteiger partial charge >= 0.3 is 0 Å². The number of likely N-dealkylation sites (N-methyl/N-ethyl adjacent to an activating group) is 1. The highest BCUT2D eigenvalue weighted by molar-refractivity contribution is 7.07. The first kappa shape index (κ1) is 13.8. The zero-order valence-corrected chi connectivity index (χ0v) is 11.2. The Morgan fingerprint density at radius 3 is 2.53 bits per heavy atom. The minimum absolute atomic E-state index is 0.0201. The Kier molecular flexibility index (Phi) is 4.39. The molecule has 0 unspecified atom stereocenters. The van der Waals surface area contributed by atoms with Crippen molar-refractivity contribution in [3.05, 3.63) is 57.8 Å². The molecule has 0 aliphatic heterocycles. The van der Waals surface area contributed by atoms with E-state index < -0.39 is 23.0 Å². The van der Waals surface area contributed by atoms with Gasteiger partial charge in [0, 0.05) is 6.54 Å². The van der Waals surface area contributed by atoms with Gasteiger partial charge < -0.3 is 0 Å². The molecule has 2 rings (SSSR count). The van der Waals surface area contributed by atoms with Crippen molar-refractivity contribution >= 4 is 17.1 Å². The van der Waals surface area contributed by atoms with Crippen LogP contribution >= 0.6 is 11.3 Å². The fourth-order valence-corrected chi connectivity index (χ4v) is 2.50. The first-order valence-electron chi connectivity index (χ1n) is 5.74. The average Bonchev–Trinajstić information content (AvgIpc) is 2.81. The molecule has 2 aromatic rings. The molecule has 0 fully saturated rings. The molecule has 0 spiro atoms. The van der Waals surface area contributed by atoms with Crippen LogP contribution in [0, 0.1) is 11.6 Å². The lowest BCUT2D eigenvalue weighted by molar-refractivity contribution is 0.0935. The molecular weight excluding hydrogens is 268 g/mol. The van der Waals surface area contributed by atoms with E-state index in [9.17, 15) is 13.6 Å². The number of carbonyl (C=O) groups excluding carboxylic acids is 1. The van der Waals surface area contributed by atoms with E-state index >= 15 is 0 Å². The highest BCUT2D eigenvalue weighted by Crippen LogP contribution is 2.14. The quantitative estimate of drug-likeness (QED) is 0.783. The van der Waals surface area contributed by atoms with Crippen molar-refractivity contribution in [2.24, 2.45) is 0 Å². The van der Waals surface area contributed by atoms with Crippen LogP contribution < -0.4 is 0 Å². The number of ketones is 1. The van der Waals surface area contributed by atoms with Crippen molar-refractivity contribution in [3.63, 3.8) is 0 Å². The molecule has 0 N–H and O–H groups in total. The molecule has 19 heavy (non-hydrogen) atoms. The fraction of sp³-hybridized carbons (Fsp3) is 0.214. The lowest BCUT2D eigenvalue weighted by atomic mass is 10.1. The lowest BCUT2D eigenvalue weighted by Gasteiger charge is -2.15. The number of halogens is 2. The van der Waals surface area contributed by atoms with Gasteiger partial charge in [-0.25, -0.2) is 8.78 Å². The van der Waals surface area contributed by atoms with E-state index in [1.54, 1.807) is 23.3 Å². The Bertz CT molecular complexity index is 549. The topological polar surface area (TPSA) is 20.3 Å². The van der Waals surface area contributed by atoms with Crippen LogP contribution in [0.3, 0.4) is 0 Å². The number of hydrogen-bond acceptors (Lipinski definition) is 3. The minimum atomic E-state index is -0.811. The van der Waals surface area contributed by atoms with Crippen LogP contribution in [0.2, 0.25) is 0 Å². The standard InChI is InChI=1S/C14H13F2NOS/c1-17(7-10-5-6-19-9-10)8-13(18)14-11(15)3-2-4-12(14)16/h2-6,9H,7-8H2,1H3. The van der Waals surface area contributed by atoms with Gasteiger partial charge in [0.05, 0.1) is 12.1 Å². The average molecular weight is 281 g/mol. The van der Waals surface area contributed by atoms with Gasteiger partial charge in [0.25, 0.3) is 0 Å². The normalized spacial score (nSPS) is 10.9. The van der Waals surface area contributed by atoms with E-state index in [4.69, 9.17) is 0 Å². The van der Waals surface area contributed by atoms with E-state index in [0.717, 1.165) is 17.7 Å². The van der Waals surface area contributed by atoms with E-state index in [1.165, 1.54) is 6.07 Å². The van der Waals surface area contributed by atoms with Crippen molar-refractivity contribution in [1.29, 1.82) is 0 Å². The molecule has 0 saturated heterocycles. The summed E-state index contributed by atoms with van der Waals surface area (Å²) < 4.78 is 26.9. The maximum atomic E-state index is 13.5. The van der Waals surface area contributed by atoms with Gasteiger partial charge in [-0.2, -0.15) is 11.3 Å². The summed E-state index contributed by atoms with van der Waals surface area (Å²) in [6.45, 7) is 0.555. The molecule has 0 amide bonds. The number of nitrogens with zero attached hydrogens (tertiary/aromatic N) is 1. The van der Waals surface area contributed by atoms with Crippen molar-refractivity contribution in [1.82, 2.24) is 4.90 Å². The van der Waals surface area contributed by atoms with Crippen LogP contribution in [0.15, 0.2) is 35.0 Å². The second-order valence-electron chi connectivity index (χ2n) is 4.32. The van der Waals surface area contributed by atoms with Gasteiger partial charge in [0.1, 0.15) is 11.6 Å². The van der Waals surface area contributed by atoms with Gasteiger partial charge in [0.15, 0.2) is 5.78 Å². The highest BCUT2D eigenvalue weighted by atomic mass is 32.1. The van der Waals surface area contributed by atoms with Crippen molar-refractivity contribution in [2.75, 3.05) is 13.6 Å². The molecule has 100 valence electrons. The van der Waals surface area contributed by atoms with Crippen LogP contribution in [-0.2, 0) is 6.54 Å². The molecule has 0 aliphatic rings. The minimum Gasteiger partial charge on any atom is -0.295 e. The third-order valence-corrected chi connectivity index (χ3v) is 3.42. The number of benzene rings is 1. The molecule has 1 heterocycles. The molecular formula is C14H13F2NOS. The second kappa shape index (κ2) is 6.04. The first-order chi connectivity index (χ1) is 9.08. The zero-order valence-electron chi connectivity index (χ0n) is 10.4. The summed E-state index contributed by atoms with van der Waals surface area (Å²) in [5.74, 6) is -2.17. The summed E-state index contributed by atoms with van der Waals surface area (Å²) in [6, 6.07) is 5.39. The Labute approximate surface area is 114 Å². The molecule has 0 atom stereocenters. The predicted octanol–water partition coefficient (Wildman–Crippen LogP) is 3.34.